The topological polar surface area (TPSA) is 45.5 Å². The molecule has 1 aromatic carbocycles. The molecule has 1 fully saturated rings. The maximum atomic E-state index is 10.3. The number of aliphatic hydroxyl groups excluding tert-OH is 1. The second kappa shape index (κ2) is 8.13. The Morgan fingerprint density at radius 2 is 1.91 bits per heavy atom. The van der Waals surface area contributed by atoms with Crippen LogP contribution in [0.25, 0.3) is 0 Å². The third-order valence-electron chi connectivity index (χ3n) is 4.25. The molecular weight excluding hydrogens is 290 g/mol. The minimum absolute atomic E-state index is 0.333. The number of aliphatic hydroxyl groups is 3. The van der Waals surface area contributed by atoms with E-state index in [0.717, 1.165) is 18.8 Å². The van der Waals surface area contributed by atoms with Gasteiger partial charge in [0.1, 0.15) is 18.5 Å². The van der Waals surface area contributed by atoms with E-state index in [0.29, 0.717) is 31.3 Å². The fourth-order valence-corrected chi connectivity index (χ4v) is 3.28. The van der Waals surface area contributed by atoms with Crippen molar-refractivity contribution in [1.29, 1.82) is 0 Å². The van der Waals surface area contributed by atoms with Gasteiger partial charge in [0.2, 0.25) is 0 Å². The zero-order valence-electron chi connectivity index (χ0n) is 15.1. The van der Waals surface area contributed by atoms with Crippen molar-refractivity contribution >= 4 is 0 Å². The van der Waals surface area contributed by atoms with Crippen molar-refractivity contribution in [2.45, 2.75) is 58.8 Å². The molecule has 2 rings (SSSR count). The van der Waals surface area contributed by atoms with Gasteiger partial charge in [-0.2, -0.15) is 0 Å². The molecule has 0 spiro atoms. The summed E-state index contributed by atoms with van der Waals surface area (Å²) in [7, 11) is 0. The summed E-state index contributed by atoms with van der Waals surface area (Å²) in [5, 5.41) is 10.3. The largest absolute Gasteiger partial charge is 0.491 e. The Kier molecular flexibility index (Phi) is 6.45. The molecule has 4 heteroatoms. The number of benzene rings is 1. The van der Waals surface area contributed by atoms with Gasteiger partial charge in [0.25, 0.3) is 0 Å². The molecule has 0 aliphatic carbocycles. The first-order valence-electron chi connectivity index (χ1n) is 8.69. The van der Waals surface area contributed by atoms with Gasteiger partial charge in [-0.1, -0.05) is 26.0 Å². The van der Waals surface area contributed by atoms with Crippen LogP contribution in [0.4, 0.5) is 0 Å². The molecule has 0 amide bonds. The number of rotatable bonds is 6. The Bertz CT molecular complexity index is 493. The van der Waals surface area contributed by atoms with Crippen LogP contribution < -0.4 is 4.74 Å². The standard InChI is InChI=1S/C19H31NO3/c1-13(2)18-7-6-14(3)8-19(18)22-12-17(21)11-20-9-15(4)23-16(5)10-20/h6-8,13,15-17,21H,9-12H2,1-5H3/p+1. The van der Waals surface area contributed by atoms with Crippen molar-refractivity contribution in [1.82, 2.24) is 4.90 Å². The average molecular weight is 322 g/mol. The highest BCUT2D eigenvalue weighted by Crippen LogP contribution is 2.27. The van der Waals surface area contributed by atoms with E-state index >= 15 is 0 Å². The van der Waals surface area contributed by atoms with Crippen molar-refractivity contribution < 1.29 is 14.6 Å². The minimum Gasteiger partial charge on any atom is -0.491 e. The van der Waals surface area contributed by atoms with E-state index in [-0.39, 0.29) is 0 Å². The number of aryl methyl sites for hydroxylation is 1. The first-order chi connectivity index (χ1) is 10.8. The molecule has 1 aromatic rings. The first-order valence-corrected chi connectivity index (χ1v) is 8.69. The molecule has 1 saturated heterocycles. The molecule has 1 heterocycles. The SMILES string of the molecule is Cc1ccc(C(C)C)c(OCC(O)CN2CC(C)[OH+]C(C)C2)c1. The quantitative estimate of drug-likeness (QED) is 0.819. The maximum Gasteiger partial charge on any atom is 0.165 e. The Labute approximate surface area is 140 Å². The maximum absolute atomic E-state index is 10.3. The van der Waals surface area contributed by atoms with E-state index in [1.54, 1.807) is 0 Å². The van der Waals surface area contributed by atoms with E-state index in [4.69, 9.17) is 4.74 Å². The third kappa shape index (κ3) is 5.48. The fraction of sp³-hybridized carbons (Fsp3) is 0.684. The molecule has 1 aliphatic rings. The highest BCUT2D eigenvalue weighted by molar-refractivity contribution is 5.39. The predicted molar refractivity (Wildman–Crippen MR) is 94.4 cm³/mol. The molecule has 1 aliphatic heterocycles. The van der Waals surface area contributed by atoms with Crippen LogP contribution in [0.1, 0.15) is 44.7 Å². The lowest BCUT2D eigenvalue weighted by Crippen LogP contribution is -2.50. The van der Waals surface area contributed by atoms with Crippen LogP contribution in [0.2, 0.25) is 0 Å². The van der Waals surface area contributed by atoms with Gasteiger partial charge in [-0.25, -0.2) is 0 Å². The number of ether oxygens (including phenoxy) is 2. The van der Waals surface area contributed by atoms with Gasteiger partial charge in [-0.05, 0) is 30.0 Å². The normalized spacial score (nSPS) is 24.0. The van der Waals surface area contributed by atoms with Crippen LogP contribution in [-0.2, 0) is 0 Å². The summed E-state index contributed by atoms with van der Waals surface area (Å²) in [6.45, 7) is 13.5. The van der Waals surface area contributed by atoms with Crippen LogP contribution in [0.5, 0.6) is 5.75 Å². The number of hydrogen-bond acceptors (Lipinski definition) is 3. The fourth-order valence-electron chi connectivity index (χ4n) is 3.28. The van der Waals surface area contributed by atoms with Gasteiger partial charge in [0.15, 0.2) is 12.2 Å². The molecule has 3 unspecified atom stereocenters. The summed E-state index contributed by atoms with van der Waals surface area (Å²) in [4.78, 5) is 2.29. The van der Waals surface area contributed by atoms with E-state index in [2.05, 4.69) is 62.5 Å². The number of morpholine rings is 1. The van der Waals surface area contributed by atoms with Gasteiger partial charge >= 0.3 is 0 Å². The minimum atomic E-state index is -0.479. The van der Waals surface area contributed by atoms with E-state index in [1.165, 1.54) is 11.1 Å². The average Bonchev–Trinajstić information content (AvgIpc) is 2.43. The lowest BCUT2D eigenvalue weighted by Gasteiger charge is -2.33. The van der Waals surface area contributed by atoms with Crippen molar-refractivity contribution in [3.8, 4) is 5.75 Å². The Morgan fingerprint density at radius 3 is 2.52 bits per heavy atom. The van der Waals surface area contributed by atoms with Crippen molar-refractivity contribution in [3.05, 3.63) is 29.3 Å². The molecule has 0 aromatic heterocycles. The van der Waals surface area contributed by atoms with Crippen LogP contribution in [-0.4, -0.2) is 59.3 Å². The number of nitrogens with zero attached hydrogens (tertiary/aromatic N) is 1. The van der Waals surface area contributed by atoms with Crippen LogP contribution in [0.15, 0.2) is 18.2 Å². The van der Waals surface area contributed by atoms with Gasteiger partial charge < -0.3 is 14.6 Å². The van der Waals surface area contributed by atoms with E-state index < -0.39 is 6.10 Å². The molecule has 130 valence electrons. The first kappa shape index (κ1) is 18.2. The van der Waals surface area contributed by atoms with Crippen molar-refractivity contribution in [2.24, 2.45) is 0 Å². The summed E-state index contributed by atoms with van der Waals surface area (Å²) >= 11 is 0. The lowest BCUT2D eigenvalue weighted by atomic mass is 10.0. The zero-order valence-corrected chi connectivity index (χ0v) is 15.1. The van der Waals surface area contributed by atoms with E-state index in [1.807, 2.05) is 0 Å². The Hall–Kier alpha value is -1.10. The van der Waals surface area contributed by atoms with Gasteiger partial charge in [-0.3, -0.25) is 4.90 Å². The summed E-state index contributed by atoms with van der Waals surface area (Å²) in [5.41, 5.74) is 2.38. The molecule has 3 atom stereocenters. The highest BCUT2D eigenvalue weighted by atomic mass is 16.5. The molecule has 2 N–H and O–H groups in total. The molecular formula is C19H32NO3+. The summed E-state index contributed by atoms with van der Waals surface area (Å²) < 4.78 is 10.6. The van der Waals surface area contributed by atoms with Crippen LogP contribution in [0, 0.1) is 6.92 Å². The summed E-state index contributed by atoms with van der Waals surface area (Å²) in [6, 6.07) is 6.29. The van der Waals surface area contributed by atoms with Crippen molar-refractivity contribution in [3.63, 3.8) is 0 Å². The summed E-state index contributed by atoms with van der Waals surface area (Å²) in [6.07, 6.45) is 0.209. The second-order valence-electron chi connectivity index (χ2n) is 7.23. The Morgan fingerprint density at radius 1 is 1.26 bits per heavy atom. The van der Waals surface area contributed by atoms with Crippen LogP contribution >= 0.6 is 0 Å². The lowest BCUT2D eigenvalue weighted by molar-refractivity contribution is -0.194. The van der Waals surface area contributed by atoms with Crippen LogP contribution in [0.3, 0.4) is 0 Å². The Balaban J connectivity index is 1.89. The molecule has 0 saturated carbocycles. The second-order valence-corrected chi connectivity index (χ2v) is 7.23. The molecule has 0 radical (unpaired) electrons. The number of hydrogen-bond donors (Lipinski definition) is 1. The highest BCUT2D eigenvalue weighted by Gasteiger charge is 2.27. The van der Waals surface area contributed by atoms with E-state index in [9.17, 15) is 5.11 Å². The van der Waals surface area contributed by atoms with Gasteiger partial charge in [-0.15, -0.1) is 0 Å². The summed E-state index contributed by atoms with van der Waals surface area (Å²) in [5.74, 6) is 1.31. The van der Waals surface area contributed by atoms with Crippen molar-refractivity contribution in [2.75, 3.05) is 26.2 Å². The van der Waals surface area contributed by atoms with Gasteiger partial charge in [0, 0.05) is 20.4 Å². The molecule has 4 nitrogen and oxygen atoms in total. The smallest absolute Gasteiger partial charge is 0.165 e. The predicted octanol–water partition coefficient (Wildman–Crippen LogP) is 2.48. The zero-order chi connectivity index (χ0) is 17.0. The monoisotopic (exact) mass is 322 g/mol. The molecule has 0 bridgehead atoms. The third-order valence-corrected chi connectivity index (χ3v) is 4.25. The van der Waals surface area contributed by atoms with Gasteiger partial charge in [0.05, 0.1) is 13.1 Å². The molecule has 23 heavy (non-hydrogen) atoms. The number of β-amino-alcohol motifs (C(OH)–C–C–N with tert-alkyl or cyclic N) is 1.